The number of anilines is 1. The van der Waals surface area contributed by atoms with Crippen LogP contribution in [0.2, 0.25) is 0 Å². The highest BCUT2D eigenvalue weighted by Crippen LogP contribution is 2.29. The van der Waals surface area contributed by atoms with Crippen LogP contribution in [0.1, 0.15) is 16.7 Å². The molecule has 4 aromatic rings. The molecule has 2 aromatic carbocycles. The van der Waals surface area contributed by atoms with Crippen molar-refractivity contribution in [2.24, 2.45) is 0 Å². The Bertz CT molecular complexity index is 1410. The number of hydrogen-bond donors (Lipinski definition) is 1. The summed E-state index contributed by atoms with van der Waals surface area (Å²) in [7, 11) is 0. The molecule has 1 amide bonds. The van der Waals surface area contributed by atoms with Crippen LogP contribution < -0.4 is 10.9 Å². The van der Waals surface area contributed by atoms with E-state index in [0.717, 1.165) is 29.1 Å². The van der Waals surface area contributed by atoms with Crippen molar-refractivity contribution in [1.82, 2.24) is 24.5 Å². The SMILES string of the molecule is Cc1ccc(NC(=O)Cn2cnc3c(nnn3Cc3cccc(C(F)(F)F)c3)c2=O)cc1F. The maximum Gasteiger partial charge on any atom is 0.416 e. The lowest BCUT2D eigenvalue weighted by molar-refractivity contribution is -0.137. The number of fused-ring (bicyclic) bond motifs is 1. The predicted molar refractivity (Wildman–Crippen MR) is 110 cm³/mol. The summed E-state index contributed by atoms with van der Waals surface area (Å²) in [6, 6.07) is 8.89. The van der Waals surface area contributed by atoms with Crippen LogP contribution in [0.15, 0.2) is 53.6 Å². The van der Waals surface area contributed by atoms with Gasteiger partial charge in [0.1, 0.15) is 18.7 Å². The zero-order valence-corrected chi connectivity index (χ0v) is 17.1. The van der Waals surface area contributed by atoms with Gasteiger partial charge in [-0.2, -0.15) is 13.2 Å². The Labute approximate surface area is 183 Å². The third kappa shape index (κ3) is 4.73. The summed E-state index contributed by atoms with van der Waals surface area (Å²) in [5, 5.41) is 10.1. The van der Waals surface area contributed by atoms with Crippen LogP contribution in [0.3, 0.4) is 0 Å². The maximum atomic E-state index is 13.6. The van der Waals surface area contributed by atoms with E-state index in [0.29, 0.717) is 11.1 Å². The third-order valence-corrected chi connectivity index (χ3v) is 4.85. The summed E-state index contributed by atoms with van der Waals surface area (Å²) in [5.74, 6) is -1.07. The van der Waals surface area contributed by atoms with Gasteiger partial charge >= 0.3 is 6.18 Å². The number of aryl methyl sites for hydroxylation is 1. The van der Waals surface area contributed by atoms with Gasteiger partial charge in [0, 0.05) is 5.69 Å². The molecule has 2 aromatic heterocycles. The number of halogens is 4. The van der Waals surface area contributed by atoms with E-state index >= 15 is 0 Å². The molecule has 0 aliphatic rings. The summed E-state index contributed by atoms with van der Waals surface area (Å²) in [4.78, 5) is 29.1. The molecular weight excluding hydrogens is 444 g/mol. The van der Waals surface area contributed by atoms with Crippen molar-refractivity contribution >= 4 is 22.8 Å². The van der Waals surface area contributed by atoms with Gasteiger partial charge in [-0.3, -0.25) is 14.2 Å². The molecule has 0 spiro atoms. The quantitative estimate of drug-likeness (QED) is 0.462. The molecule has 1 N–H and O–H groups in total. The normalized spacial score (nSPS) is 11.7. The van der Waals surface area contributed by atoms with Crippen molar-refractivity contribution in [3.8, 4) is 0 Å². The van der Waals surface area contributed by atoms with Gasteiger partial charge in [-0.05, 0) is 42.3 Å². The first-order chi connectivity index (χ1) is 15.6. The third-order valence-electron chi connectivity index (χ3n) is 4.85. The van der Waals surface area contributed by atoms with E-state index in [1.165, 1.54) is 28.9 Å². The van der Waals surface area contributed by atoms with Gasteiger partial charge in [0.2, 0.25) is 5.91 Å². The molecule has 170 valence electrons. The van der Waals surface area contributed by atoms with E-state index < -0.39 is 35.6 Å². The van der Waals surface area contributed by atoms with Gasteiger partial charge in [0.05, 0.1) is 12.1 Å². The van der Waals surface area contributed by atoms with Gasteiger partial charge in [0.15, 0.2) is 11.2 Å². The molecule has 0 aliphatic carbocycles. The smallest absolute Gasteiger partial charge is 0.324 e. The van der Waals surface area contributed by atoms with E-state index in [2.05, 4.69) is 20.6 Å². The molecule has 0 unspecified atom stereocenters. The lowest BCUT2D eigenvalue weighted by Crippen LogP contribution is -2.28. The van der Waals surface area contributed by atoms with Crippen LogP contribution in [0.5, 0.6) is 0 Å². The Kier molecular flexibility index (Phi) is 5.66. The molecule has 0 aliphatic heterocycles. The van der Waals surface area contributed by atoms with E-state index in [9.17, 15) is 27.2 Å². The minimum atomic E-state index is -4.49. The molecule has 0 saturated heterocycles. The number of nitrogens with one attached hydrogen (secondary N) is 1. The van der Waals surface area contributed by atoms with Crippen LogP contribution in [0.25, 0.3) is 11.2 Å². The number of alkyl halides is 3. The second kappa shape index (κ2) is 8.45. The van der Waals surface area contributed by atoms with Gasteiger partial charge in [-0.15, -0.1) is 5.10 Å². The van der Waals surface area contributed by atoms with E-state index in [-0.39, 0.29) is 23.4 Å². The van der Waals surface area contributed by atoms with Crippen LogP contribution in [0, 0.1) is 12.7 Å². The second-order valence-corrected chi connectivity index (χ2v) is 7.31. The van der Waals surface area contributed by atoms with Gasteiger partial charge < -0.3 is 5.32 Å². The van der Waals surface area contributed by atoms with Gasteiger partial charge in [-0.1, -0.05) is 23.4 Å². The monoisotopic (exact) mass is 460 g/mol. The Morgan fingerprint density at radius 1 is 1.15 bits per heavy atom. The van der Waals surface area contributed by atoms with Crippen molar-refractivity contribution in [3.05, 3.63) is 81.7 Å². The molecule has 33 heavy (non-hydrogen) atoms. The predicted octanol–water partition coefficient (Wildman–Crippen LogP) is 3.14. The molecule has 0 radical (unpaired) electrons. The summed E-state index contributed by atoms with van der Waals surface area (Å²) in [5.41, 5.74) is -0.579. The molecule has 0 bridgehead atoms. The fraction of sp³-hybridized carbons (Fsp3) is 0.190. The number of carbonyl (C=O) groups excluding carboxylic acids is 1. The Balaban J connectivity index is 1.54. The summed E-state index contributed by atoms with van der Waals surface area (Å²) in [6.07, 6.45) is -3.37. The minimum Gasteiger partial charge on any atom is -0.324 e. The highest BCUT2D eigenvalue weighted by atomic mass is 19.4. The number of benzene rings is 2. The molecule has 8 nitrogen and oxygen atoms in total. The lowest BCUT2D eigenvalue weighted by Gasteiger charge is -2.09. The van der Waals surface area contributed by atoms with Gasteiger partial charge in [-0.25, -0.2) is 14.1 Å². The molecule has 4 rings (SSSR count). The fourth-order valence-corrected chi connectivity index (χ4v) is 3.15. The summed E-state index contributed by atoms with van der Waals surface area (Å²) < 4.78 is 54.7. The number of hydrogen-bond acceptors (Lipinski definition) is 5. The van der Waals surface area contributed by atoms with E-state index in [1.807, 2.05) is 0 Å². The number of carbonyl (C=O) groups is 1. The number of amides is 1. The Morgan fingerprint density at radius 2 is 1.94 bits per heavy atom. The lowest BCUT2D eigenvalue weighted by atomic mass is 10.1. The van der Waals surface area contributed by atoms with E-state index in [1.54, 1.807) is 6.92 Å². The van der Waals surface area contributed by atoms with E-state index in [4.69, 9.17) is 0 Å². The average molecular weight is 460 g/mol. The topological polar surface area (TPSA) is 94.7 Å². The summed E-state index contributed by atoms with van der Waals surface area (Å²) >= 11 is 0. The molecular formula is C21H16F4N6O2. The maximum absolute atomic E-state index is 13.6. The zero-order chi connectivity index (χ0) is 23.8. The number of nitrogens with zero attached hydrogens (tertiary/aromatic N) is 5. The van der Waals surface area contributed by atoms with Gasteiger partial charge in [0.25, 0.3) is 5.56 Å². The number of rotatable bonds is 5. The first-order valence-corrected chi connectivity index (χ1v) is 9.62. The Morgan fingerprint density at radius 3 is 2.67 bits per heavy atom. The first kappa shape index (κ1) is 22.1. The van der Waals surface area contributed by atoms with Crippen molar-refractivity contribution in [2.75, 3.05) is 5.32 Å². The summed E-state index contributed by atoms with van der Waals surface area (Å²) in [6.45, 7) is 1.09. The molecule has 0 fully saturated rings. The molecule has 12 heteroatoms. The zero-order valence-electron chi connectivity index (χ0n) is 17.1. The largest absolute Gasteiger partial charge is 0.416 e. The van der Waals surface area contributed by atoms with Crippen molar-refractivity contribution < 1.29 is 22.4 Å². The van der Waals surface area contributed by atoms with Crippen LogP contribution in [0.4, 0.5) is 23.2 Å². The highest BCUT2D eigenvalue weighted by molar-refractivity contribution is 5.90. The fourth-order valence-electron chi connectivity index (χ4n) is 3.15. The van der Waals surface area contributed by atoms with Crippen LogP contribution in [-0.2, 0) is 24.1 Å². The van der Waals surface area contributed by atoms with Crippen LogP contribution >= 0.6 is 0 Å². The van der Waals surface area contributed by atoms with Crippen molar-refractivity contribution in [3.63, 3.8) is 0 Å². The Hall–Kier alpha value is -4.09. The number of aromatic nitrogens is 5. The molecule has 0 atom stereocenters. The molecule has 2 heterocycles. The van der Waals surface area contributed by atoms with Crippen molar-refractivity contribution in [2.45, 2.75) is 26.2 Å². The second-order valence-electron chi connectivity index (χ2n) is 7.31. The van der Waals surface area contributed by atoms with Crippen LogP contribution in [-0.4, -0.2) is 30.5 Å². The highest BCUT2D eigenvalue weighted by Gasteiger charge is 2.30. The first-order valence-electron chi connectivity index (χ1n) is 9.62. The minimum absolute atomic E-state index is 0.0645. The van der Waals surface area contributed by atoms with Crippen molar-refractivity contribution in [1.29, 1.82) is 0 Å². The standard InChI is InChI=1S/C21H16F4N6O2/c1-12-5-6-15(8-16(12)22)27-17(32)10-30-11-26-19-18(20(30)33)28-29-31(19)9-13-3-2-4-14(7-13)21(23,24)25/h2-8,11H,9-10H2,1H3,(H,27,32). The average Bonchev–Trinajstić information content (AvgIpc) is 3.16. The molecule has 0 saturated carbocycles.